The third-order valence-electron chi connectivity index (χ3n) is 5.84. The predicted octanol–water partition coefficient (Wildman–Crippen LogP) is 8.54. The summed E-state index contributed by atoms with van der Waals surface area (Å²) in [5.74, 6) is 0. The average Bonchev–Trinajstić information content (AvgIpc) is 3.29. The first-order valence-corrected chi connectivity index (χ1v) is 13.4. The third kappa shape index (κ3) is 5.98. The Morgan fingerprint density at radius 1 is 0.838 bits per heavy atom. The Bertz CT molecular complexity index is 1350. The Morgan fingerprint density at radius 2 is 1.35 bits per heavy atom. The molecule has 4 rings (SSSR count). The van der Waals surface area contributed by atoms with E-state index in [0.717, 1.165) is 26.9 Å². The van der Waals surface area contributed by atoms with Crippen molar-refractivity contribution in [2.45, 2.75) is 39.8 Å². The molecule has 0 atom stereocenters. The number of nitro groups is 1. The lowest BCUT2D eigenvalue weighted by Gasteiger charge is -2.30. The second kappa shape index (κ2) is 11.5. The van der Waals surface area contributed by atoms with Gasteiger partial charge in [0.15, 0.2) is 0 Å². The van der Waals surface area contributed by atoms with Crippen LogP contribution in [0.25, 0.3) is 0 Å². The maximum atomic E-state index is 11.1. The number of hydrogen-bond acceptors (Lipinski definition) is 6. The van der Waals surface area contributed by atoms with E-state index in [0.29, 0.717) is 10.7 Å². The van der Waals surface area contributed by atoms with Gasteiger partial charge in [0.05, 0.1) is 20.5 Å². The molecule has 3 aromatic carbocycles. The van der Waals surface area contributed by atoms with Crippen LogP contribution >= 0.6 is 23.6 Å². The molecule has 1 aromatic heterocycles. The zero-order chi connectivity index (χ0) is 26.5. The van der Waals surface area contributed by atoms with Crippen molar-refractivity contribution >= 4 is 62.0 Å². The predicted molar refractivity (Wildman–Crippen MR) is 160 cm³/mol. The highest BCUT2D eigenvalue weighted by Crippen LogP contribution is 2.43. The Balaban J connectivity index is 1.81. The first-order valence-electron chi connectivity index (χ1n) is 12.1. The van der Waals surface area contributed by atoms with Gasteiger partial charge in [-0.2, -0.15) is 0 Å². The van der Waals surface area contributed by atoms with Gasteiger partial charge in [-0.05, 0) is 70.2 Å². The number of rotatable bonds is 9. The molecule has 0 amide bonds. The molecule has 0 saturated carbocycles. The second-order valence-electron chi connectivity index (χ2n) is 9.16. The zero-order valence-electron chi connectivity index (χ0n) is 21.3. The van der Waals surface area contributed by atoms with Gasteiger partial charge >= 0.3 is 0 Å². The molecule has 0 aliphatic carbocycles. The SMILES string of the molecule is CC(C)N(c1ccccc1)c1cc(N(c2ccccc2)C(C)C)c(C(=S)Nc2ccc([N+](=O)[O-])cc2)s1. The van der Waals surface area contributed by atoms with Crippen LogP contribution in [0.2, 0.25) is 0 Å². The minimum absolute atomic E-state index is 0.0427. The number of nitro benzene ring substituents is 1. The molecule has 0 aliphatic heterocycles. The van der Waals surface area contributed by atoms with Crippen LogP contribution in [-0.2, 0) is 0 Å². The van der Waals surface area contributed by atoms with Crippen molar-refractivity contribution in [1.82, 2.24) is 0 Å². The van der Waals surface area contributed by atoms with E-state index in [-0.39, 0.29) is 17.8 Å². The molecule has 8 heteroatoms. The fraction of sp³-hybridized carbons (Fsp3) is 0.207. The average molecular weight is 531 g/mol. The summed E-state index contributed by atoms with van der Waals surface area (Å²) < 4.78 is 0. The Labute approximate surface area is 227 Å². The number of thiophene rings is 1. The van der Waals surface area contributed by atoms with Gasteiger partial charge in [-0.3, -0.25) is 10.1 Å². The van der Waals surface area contributed by atoms with Gasteiger partial charge in [0.25, 0.3) is 5.69 Å². The van der Waals surface area contributed by atoms with E-state index in [1.54, 1.807) is 23.5 Å². The standard InChI is InChI=1S/C29H30N4O2S2/c1-20(2)31(23-11-7-5-8-12-23)26-19-27(32(21(3)4)24-13-9-6-10-14-24)37-28(26)29(36)30-22-15-17-25(18-16-22)33(34)35/h5-21H,1-4H3,(H,30,36). The number of non-ortho nitro benzene ring substituents is 1. The van der Waals surface area contributed by atoms with Gasteiger partial charge in [0.1, 0.15) is 4.99 Å². The van der Waals surface area contributed by atoms with Crippen molar-refractivity contribution in [1.29, 1.82) is 0 Å². The normalized spacial score (nSPS) is 11.0. The van der Waals surface area contributed by atoms with Crippen LogP contribution in [0.4, 0.5) is 33.4 Å². The summed E-state index contributed by atoms with van der Waals surface area (Å²) in [7, 11) is 0. The summed E-state index contributed by atoms with van der Waals surface area (Å²) in [6.45, 7) is 8.69. The molecule has 0 saturated heterocycles. The van der Waals surface area contributed by atoms with Gasteiger partial charge in [0.2, 0.25) is 0 Å². The van der Waals surface area contributed by atoms with Gasteiger partial charge in [-0.25, -0.2) is 0 Å². The molecule has 6 nitrogen and oxygen atoms in total. The summed E-state index contributed by atoms with van der Waals surface area (Å²) in [6, 6.07) is 29.6. The van der Waals surface area contributed by atoms with Crippen LogP contribution < -0.4 is 15.1 Å². The van der Waals surface area contributed by atoms with Crippen molar-refractivity contribution in [3.63, 3.8) is 0 Å². The lowest BCUT2D eigenvalue weighted by Crippen LogP contribution is -2.27. The van der Waals surface area contributed by atoms with E-state index in [9.17, 15) is 10.1 Å². The first-order chi connectivity index (χ1) is 17.8. The van der Waals surface area contributed by atoms with Crippen LogP contribution in [0.15, 0.2) is 91.0 Å². The Kier molecular flexibility index (Phi) is 8.21. The van der Waals surface area contributed by atoms with E-state index in [2.05, 4.69) is 73.1 Å². The van der Waals surface area contributed by atoms with Crippen molar-refractivity contribution < 1.29 is 4.92 Å². The highest BCUT2D eigenvalue weighted by atomic mass is 32.1. The Hall–Kier alpha value is -3.75. The molecule has 0 bridgehead atoms. The highest BCUT2D eigenvalue weighted by Gasteiger charge is 2.26. The lowest BCUT2D eigenvalue weighted by molar-refractivity contribution is -0.384. The monoisotopic (exact) mass is 530 g/mol. The number of nitrogens with one attached hydrogen (secondary N) is 1. The molecule has 37 heavy (non-hydrogen) atoms. The fourth-order valence-corrected chi connectivity index (χ4v) is 5.80. The van der Waals surface area contributed by atoms with Gasteiger partial charge in [-0.15, -0.1) is 11.3 Å². The van der Waals surface area contributed by atoms with E-state index in [1.165, 1.54) is 12.1 Å². The lowest BCUT2D eigenvalue weighted by atomic mass is 10.2. The minimum atomic E-state index is -0.407. The van der Waals surface area contributed by atoms with Gasteiger partial charge in [0, 0.05) is 41.3 Å². The molecule has 1 N–H and O–H groups in total. The highest BCUT2D eigenvalue weighted by molar-refractivity contribution is 7.81. The molecule has 0 fully saturated rings. The molecule has 4 aromatic rings. The molecule has 190 valence electrons. The largest absolute Gasteiger partial charge is 0.345 e. The molecular formula is C29H30N4O2S2. The second-order valence-corrected chi connectivity index (χ2v) is 10.6. The van der Waals surface area contributed by atoms with Crippen LogP contribution in [0.1, 0.15) is 32.6 Å². The molecule has 0 unspecified atom stereocenters. The van der Waals surface area contributed by atoms with Gasteiger partial charge in [-0.1, -0.05) is 48.6 Å². The van der Waals surface area contributed by atoms with E-state index >= 15 is 0 Å². The number of hydrogen-bond donors (Lipinski definition) is 1. The van der Waals surface area contributed by atoms with E-state index < -0.39 is 4.92 Å². The molecule has 0 radical (unpaired) electrons. The summed E-state index contributed by atoms with van der Waals surface area (Å²) in [4.78, 5) is 16.8. The van der Waals surface area contributed by atoms with Crippen LogP contribution in [0, 0.1) is 10.1 Å². The third-order valence-corrected chi connectivity index (χ3v) is 7.42. The van der Waals surface area contributed by atoms with Crippen LogP contribution in [0.5, 0.6) is 0 Å². The smallest absolute Gasteiger partial charge is 0.269 e. The zero-order valence-corrected chi connectivity index (χ0v) is 22.9. The van der Waals surface area contributed by atoms with Crippen molar-refractivity contribution in [2.24, 2.45) is 0 Å². The van der Waals surface area contributed by atoms with Crippen LogP contribution in [0.3, 0.4) is 0 Å². The van der Waals surface area contributed by atoms with Crippen LogP contribution in [-0.4, -0.2) is 22.0 Å². The molecule has 1 heterocycles. The van der Waals surface area contributed by atoms with Gasteiger partial charge < -0.3 is 15.1 Å². The summed E-state index contributed by atoms with van der Waals surface area (Å²) in [5, 5.41) is 15.5. The molecular weight excluding hydrogens is 500 g/mol. The number of para-hydroxylation sites is 2. The summed E-state index contributed by atoms with van der Waals surface area (Å²) in [6.07, 6.45) is 0. The van der Waals surface area contributed by atoms with E-state index in [4.69, 9.17) is 12.2 Å². The fourth-order valence-electron chi connectivity index (χ4n) is 4.26. The van der Waals surface area contributed by atoms with Crippen molar-refractivity contribution in [3.05, 3.63) is 106 Å². The number of nitrogens with zero attached hydrogens (tertiary/aromatic N) is 3. The molecule has 0 spiro atoms. The Morgan fingerprint density at radius 3 is 1.84 bits per heavy atom. The quantitative estimate of drug-likeness (QED) is 0.133. The van der Waals surface area contributed by atoms with E-state index in [1.807, 2.05) is 36.4 Å². The summed E-state index contributed by atoms with van der Waals surface area (Å²) >= 11 is 7.57. The maximum Gasteiger partial charge on any atom is 0.269 e. The number of thiocarbonyl (C=S) groups is 1. The summed E-state index contributed by atoms with van der Waals surface area (Å²) in [5.41, 5.74) is 3.96. The van der Waals surface area contributed by atoms with Crippen molar-refractivity contribution in [2.75, 3.05) is 15.1 Å². The maximum absolute atomic E-state index is 11.1. The minimum Gasteiger partial charge on any atom is -0.345 e. The number of benzene rings is 3. The number of anilines is 5. The van der Waals surface area contributed by atoms with Crippen molar-refractivity contribution in [3.8, 4) is 0 Å². The topological polar surface area (TPSA) is 61.6 Å². The molecule has 0 aliphatic rings. The first kappa shape index (κ1) is 26.3.